The maximum absolute atomic E-state index is 13.9. The molecule has 1 aromatic carbocycles. The van der Waals surface area contributed by atoms with Crippen LogP contribution in [0.15, 0.2) is 18.2 Å². The summed E-state index contributed by atoms with van der Waals surface area (Å²) < 4.78 is 13.9. The molecule has 0 spiro atoms. The Morgan fingerprint density at radius 3 is 2.58 bits per heavy atom. The lowest BCUT2D eigenvalue weighted by molar-refractivity contribution is 0.122. The first-order valence-corrected chi connectivity index (χ1v) is 6.45. The standard InChI is InChI=1S/C14H18FN3O/c1-11(19)10-17-4-6-18(7-5-17)14-3-2-12(9-16)8-13(14)15/h2-3,8,11,19H,4-7,10H2,1H3/t11-/m1/s1. The van der Waals surface area contributed by atoms with Gasteiger partial charge in [0.25, 0.3) is 0 Å². The Kier molecular flexibility index (Phi) is 4.35. The predicted octanol–water partition coefficient (Wildman–Crippen LogP) is 1.20. The van der Waals surface area contributed by atoms with Gasteiger partial charge >= 0.3 is 0 Å². The second kappa shape index (κ2) is 6.00. The van der Waals surface area contributed by atoms with Gasteiger partial charge in [-0.1, -0.05) is 0 Å². The van der Waals surface area contributed by atoms with Crippen molar-refractivity contribution in [2.45, 2.75) is 13.0 Å². The molecule has 0 aliphatic carbocycles. The van der Waals surface area contributed by atoms with Crippen LogP contribution in [0, 0.1) is 17.1 Å². The van der Waals surface area contributed by atoms with E-state index in [1.54, 1.807) is 19.1 Å². The van der Waals surface area contributed by atoms with Crippen LogP contribution in [0.25, 0.3) is 0 Å². The normalized spacial score (nSPS) is 18.1. The van der Waals surface area contributed by atoms with Crippen LogP contribution in [0.2, 0.25) is 0 Å². The molecule has 2 rings (SSSR count). The van der Waals surface area contributed by atoms with Gasteiger partial charge in [0.1, 0.15) is 5.82 Å². The minimum Gasteiger partial charge on any atom is -0.392 e. The molecule has 0 unspecified atom stereocenters. The Bertz CT molecular complexity index is 476. The quantitative estimate of drug-likeness (QED) is 0.890. The molecular formula is C14H18FN3O. The van der Waals surface area contributed by atoms with E-state index >= 15 is 0 Å². The number of hydrogen-bond donors (Lipinski definition) is 1. The average Bonchev–Trinajstić information content (AvgIpc) is 2.39. The molecule has 1 fully saturated rings. The van der Waals surface area contributed by atoms with Gasteiger partial charge < -0.3 is 10.0 Å². The number of piperazine rings is 1. The summed E-state index contributed by atoms with van der Waals surface area (Å²) in [4.78, 5) is 4.15. The SMILES string of the molecule is C[C@@H](O)CN1CCN(c2ccc(C#N)cc2F)CC1. The van der Waals surface area contributed by atoms with Crippen LogP contribution in [0.5, 0.6) is 0 Å². The molecule has 19 heavy (non-hydrogen) atoms. The molecule has 1 heterocycles. The molecule has 1 atom stereocenters. The number of halogens is 1. The van der Waals surface area contributed by atoms with Crippen LogP contribution in [0.1, 0.15) is 12.5 Å². The van der Waals surface area contributed by atoms with E-state index in [1.165, 1.54) is 6.07 Å². The second-order valence-corrected chi connectivity index (χ2v) is 4.91. The molecule has 1 N–H and O–H groups in total. The zero-order chi connectivity index (χ0) is 13.8. The largest absolute Gasteiger partial charge is 0.392 e. The van der Waals surface area contributed by atoms with Gasteiger partial charge in [0, 0.05) is 32.7 Å². The highest BCUT2D eigenvalue weighted by molar-refractivity contribution is 5.51. The van der Waals surface area contributed by atoms with Crippen LogP contribution < -0.4 is 4.90 Å². The minimum absolute atomic E-state index is 0.335. The van der Waals surface area contributed by atoms with Gasteiger partial charge in [-0.3, -0.25) is 4.90 Å². The smallest absolute Gasteiger partial charge is 0.147 e. The van der Waals surface area contributed by atoms with Gasteiger partial charge in [0.15, 0.2) is 0 Å². The highest BCUT2D eigenvalue weighted by Gasteiger charge is 2.20. The van der Waals surface area contributed by atoms with Gasteiger partial charge in [-0.2, -0.15) is 5.26 Å². The molecule has 0 amide bonds. The summed E-state index contributed by atoms with van der Waals surface area (Å²) >= 11 is 0. The number of aliphatic hydroxyl groups excluding tert-OH is 1. The highest BCUT2D eigenvalue weighted by atomic mass is 19.1. The third-order valence-corrected chi connectivity index (χ3v) is 3.31. The van der Waals surface area contributed by atoms with Crippen LogP contribution in [-0.2, 0) is 0 Å². The van der Waals surface area contributed by atoms with Gasteiger partial charge in [0.2, 0.25) is 0 Å². The molecule has 0 bridgehead atoms. The van der Waals surface area contributed by atoms with E-state index in [0.29, 0.717) is 17.8 Å². The van der Waals surface area contributed by atoms with Crippen LogP contribution in [0.3, 0.4) is 0 Å². The van der Waals surface area contributed by atoms with Crippen molar-refractivity contribution < 1.29 is 9.50 Å². The first-order chi connectivity index (χ1) is 9.10. The summed E-state index contributed by atoms with van der Waals surface area (Å²) in [6, 6.07) is 6.51. The third-order valence-electron chi connectivity index (χ3n) is 3.31. The third kappa shape index (κ3) is 3.43. The summed E-state index contributed by atoms with van der Waals surface area (Å²) in [5.74, 6) is -0.344. The average molecular weight is 263 g/mol. The molecule has 0 saturated carbocycles. The zero-order valence-electron chi connectivity index (χ0n) is 11.0. The lowest BCUT2D eigenvalue weighted by Gasteiger charge is -2.36. The molecule has 5 heteroatoms. The van der Waals surface area contributed by atoms with Gasteiger partial charge in [0.05, 0.1) is 23.4 Å². The number of nitrogens with zero attached hydrogens (tertiary/aromatic N) is 3. The van der Waals surface area contributed by atoms with Gasteiger partial charge in [-0.15, -0.1) is 0 Å². The fourth-order valence-electron chi connectivity index (χ4n) is 2.38. The summed E-state index contributed by atoms with van der Waals surface area (Å²) in [7, 11) is 0. The number of aliphatic hydroxyl groups is 1. The predicted molar refractivity (Wildman–Crippen MR) is 71.4 cm³/mol. The van der Waals surface area contributed by atoms with Crippen LogP contribution in [-0.4, -0.2) is 48.8 Å². The van der Waals surface area contributed by atoms with Crippen molar-refractivity contribution in [3.8, 4) is 6.07 Å². The van der Waals surface area contributed by atoms with Crippen molar-refractivity contribution in [1.29, 1.82) is 5.26 Å². The summed E-state index contributed by atoms with van der Waals surface area (Å²) in [6.07, 6.45) is -0.335. The Balaban J connectivity index is 2.00. The number of rotatable bonds is 3. The maximum Gasteiger partial charge on any atom is 0.147 e. The van der Waals surface area contributed by atoms with E-state index in [9.17, 15) is 9.50 Å². The maximum atomic E-state index is 13.9. The minimum atomic E-state index is -0.344. The van der Waals surface area contributed by atoms with E-state index in [0.717, 1.165) is 26.2 Å². The number of anilines is 1. The fourth-order valence-corrected chi connectivity index (χ4v) is 2.38. The molecule has 4 nitrogen and oxygen atoms in total. The molecule has 1 aromatic rings. The van der Waals surface area contributed by atoms with Crippen molar-refractivity contribution in [2.24, 2.45) is 0 Å². The van der Waals surface area contributed by atoms with E-state index < -0.39 is 0 Å². The topological polar surface area (TPSA) is 50.5 Å². The molecule has 0 aromatic heterocycles. The number of benzene rings is 1. The van der Waals surface area contributed by atoms with E-state index in [1.807, 2.05) is 11.0 Å². The van der Waals surface area contributed by atoms with Crippen molar-refractivity contribution in [1.82, 2.24) is 4.90 Å². The lowest BCUT2D eigenvalue weighted by Crippen LogP contribution is -2.48. The Hall–Kier alpha value is -1.64. The molecule has 1 aliphatic heterocycles. The van der Waals surface area contributed by atoms with Crippen molar-refractivity contribution in [3.63, 3.8) is 0 Å². The zero-order valence-corrected chi connectivity index (χ0v) is 11.0. The molecule has 1 saturated heterocycles. The number of nitriles is 1. The van der Waals surface area contributed by atoms with Crippen molar-refractivity contribution in [2.75, 3.05) is 37.6 Å². The summed E-state index contributed by atoms with van der Waals surface area (Å²) in [5.41, 5.74) is 0.893. The van der Waals surface area contributed by atoms with E-state index in [-0.39, 0.29) is 11.9 Å². The molecule has 102 valence electrons. The van der Waals surface area contributed by atoms with E-state index in [4.69, 9.17) is 5.26 Å². The molecular weight excluding hydrogens is 245 g/mol. The monoisotopic (exact) mass is 263 g/mol. The summed E-state index contributed by atoms with van der Waals surface area (Å²) in [5, 5.41) is 18.1. The number of hydrogen-bond acceptors (Lipinski definition) is 4. The number of β-amino-alcohol motifs (C(OH)–C–C–N with tert-alkyl or cyclic N) is 1. The molecule has 1 aliphatic rings. The van der Waals surface area contributed by atoms with Crippen LogP contribution in [0.4, 0.5) is 10.1 Å². The Labute approximate surface area is 112 Å². The highest BCUT2D eigenvalue weighted by Crippen LogP contribution is 2.21. The van der Waals surface area contributed by atoms with Crippen LogP contribution >= 0.6 is 0 Å². The van der Waals surface area contributed by atoms with Crippen molar-refractivity contribution in [3.05, 3.63) is 29.6 Å². The van der Waals surface area contributed by atoms with Gasteiger partial charge in [-0.25, -0.2) is 4.39 Å². The Morgan fingerprint density at radius 1 is 1.37 bits per heavy atom. The molecule has 0 radical (unpaired) electrons. The second-order valence-electron chi connectivity index (χ2n) is 4.91. The summed E-state index contributed by atoms with van der Waals surface area (Å²) in [6.45, 7) is 5.51. The fraction of sp³-hybridized carbons (Fsp3) is 0.500. The van der Waals surface area contributed by atoms with E-state index in [2.05, 4.69) is 4.90 Å². The first kappa shape index (κ1) is 13.8. The first-order valence-electron chi connectivity index (χ1n) is 6.45. The Morgan fingerprint density at radius 2 is 2.05 bits per heavy atom. The van der Waals surface area contributed by atoms with Gasteiger partial charge in [-0.05, 0) is 25.1 Å². The van der Waals surface area contributed by atoms with Crippen molar-refractivity contribution >= 4 is 5.69 Å². The lowest BCUT2D eigenvalue weighted by atomic mass is 10.1.